The highest BCUT2D eigenvalue weighted by molar-refractivity contribution is 6.31. The van der Waals surface area contributed by atoms with E-state index in [4.69, 9.17) is 11.6 Å². The molecule has 3 nitrogen and oxygen atoms in total. The Morgan fingerprint density at radius 3 is 2.57 bits per heavy atom. The molecule has 1 aromatic heterocycles. The third kappa shape index (κ3) is 4.12. The van der Waals surface area contributed by atoms with Crippen molar-refractivity contribution in [1.82, 2.24) is 10.3 Å². The summed E-state index contributed by atoms with van der Waals surface area (Å²) in [4.78, 5) is 3.80. The lowest BCUT2D eigenvalue weighted by Crippen LogP contribution is -2.34. The van der Waals surface area contributed by atoms with Gasteiger partial charge in [0.15, 0.2) is 0 Å². The van der Waals surface area contributed by atoms with Gasteiger partial charge in [-0.05, 0) is 56.1 Å². The van der Waals surface area contributed by atoms with Crippen molar-refractivity contribution in [2.75, 3.05) is 18.9 Å². The summed E-state index contributed by atoms with van der Waals surface area (Å²) in [5, 5.41) is 7.72. The number of anilines is 1. The van der Waals surface area contributed by atoms with Crippen molar-refractivity contribution in [3.05, 3.63) is 70.9 Å². The van der Waals surface area contributed by atoms with Crippen LogP contribution in [0.2, 0.25) is 5.02 Å². The molecule has 2 aromatic carbocycles. The minimum absolute atomic E-state index is 0.165. The largest absolute Gasteiger partial charge is 0.433 e. The van der Waals surface area contributed by atoms with Crippen LogP contribution in [0, 0.1) is 0 Å². The van der Waals surface area contributed by atoms with Crippen molar-refractivity contribution < 1.29 is 13.2 Å². The van der Waals surface area contributed by atoms with Gasteiger partial charge in [-0.15, -0.1) is 0 Å². The Hall–Kier alpha value is -2.31. The van der Waals surface area contributed by atoms with Crippen molar-refractivity contribution in [3.63, 3.8) is 0 Å². The second-order valence-corrected chi connectivity index (χ2v) is 8.38. The fourth-order valence-electron chi connectivity index (χ4n) is 4.44. The zero-order valence-electron chi connectivity index (χ0n) is 16.6. The summed E-state index contributed by atoms with van der Waals surface area (Å²) in [7, 11) is 1.95. The molecule has 30 heavy (non-hydrogen) atoms. The number of aromatic nitrogens is 1. The number of nitrogens with zero attached hydrogens (tertiary/aromatic N) is 1. The number of hydrogen-bond acceptors (Lipinski definition) is 3. The first-order valence-electron chi connectivity index (χ1n) is 9.95. The number of pyridine rings is 1. The van der Waals surface area contributed by atoms with Gasteiger partial charge in [0.2, 0.25) is 0 Å². The van der Waals surface area contributed by atoms with Gasteiger partial charge in [0.05, 0.1) is 5.52 Å². The number of alkyl halides is 3. The van der Waals surface area contributed by atoms with Gasteiger partial charge < -0.3 is 10.6 Å². The smallest absolute Gasteiger partial charge is 0.384 e. The molecule has 4 rings (SSSR count). The van der Waals surface area contributed by atoms with Gasteiger partial charge in [-0.1, -0.05) is 41.9 Å². The first-order valence-corrected chi connectivity index (χ1v) is 10.3. The van der Waals surface area contributed by atoms with Crippen LogP contribution in [0.3, 0.4) is 0 Å². The van der Waals surface area contributed by atoms with Crippen LogP contribution in [0.1, 0.15) is 30.5 Å². The molecule has 0 aliphatic heterocycles. The summed E-state index contributed by atoms with van der Waals surface area (Å²) < 4.78 is 40.3. The second-order valence-electron chi connectivity index (χ2n) is 7.94. The van der Waals surface area contributed by atoms with E-state index < -0.39 is 11.9 Å². The van der Waals surface area contributed by atoms with Crippen LogP contribution in [0.4, 0.5) is 18.9 Å². The topological polar surface area (TPSA) is 37.0 Å². The third-order valence-electron chi connectivity index (χ3n) is 6.08. The Morgan fingerprint density at radius 2 is 1.90 bits per heavy atom. The van der Waals surface area contributed by atoms with E-state index in [1.807, 2.05) is 25.2 Å². The maximum atomic E-state index is 13.4. The summed E-state index contributed by atoms with van der Waals surface area (Å²) >= 11 is 6.12. The fourth-order valence-corrected chi connectivity index (χ4v) is 4.62. The van der Waals surface area contributed by atoms with Gasteiger partial charge in [0, 0.05) is 34.1 Å². The lowest BCUT2D eigenvalue weighted by molar-refractivity contribution is -0.140. The molecule has 2 unspecified atom stereocenters. The molecule has 158 valence electrons. The van der Waals surface area contributed by atoms with Crippen LogP contribution in [-0.2, 0) is 11.6 Å². The third-order valence-corrected chi connectivity index (χ3v) is 6.32. The molecule has 3 aromatic rings. The molecule has 0 bridgehead atoms. The number of halogens is 4. The standard InChI is InChI=1S/C23H23ClF3N3/c1-28-17-9-10-22(13-17,15-5-3-2-4-6-15)14-29-20-12-21(23(25,26)27)30-19-8-7-16(24)11-18(19)20/h2-8,11-12,17,28H,9-10,13-14H2,1H3,(H,29,30). The van der Waals surface area contributed by atoms with Crippen LogP contribution in [-0.4, -0.2) is 24.6 Å². The molecular formula is C23H23ClF3N3. The fraction of sp³-hybridized carbons (Fsp3) is 0.348. The predicted octanol–water partition coefficient (Wildman–Crippen LogP) is 6.03. The first-order chi connectivity index (χ1) is 14.3. The van der Waals surface area contributed by atoms with Gasteiger partial charge >= 0.3 is 6.18 Å². The number of nitrogens with one attached hydrogen (secondary N) is 2. The second kappa shape index (κ2) is 8.08. The van der Waals surface area contributed by atoms with E-state index >= 15 is 0 Å². The SMILES string of the molecule is CNC1CCC(CNc2cc(C(F)(F)F)nc3ccc(Cl)cc23)(c2ccccc2)C1. The van der Waals surface area contributed by atoms with Crippen molar-refractivity contribution in [2.45, 2.75) is 36.9 Å². The molecule has 0 amide bonds. The van der Waals surface area contributed by atoms with Crippen molar-refractivity contribution in [3.8, 4) is 0 Å². The minimum Gasteiger partial charge on any atom is -0.384 e. The molecular weight excluding hydrogens is 411 g/mol. The highest BCUT2D eigenvalue weighted by Crippen LogP contribution is 2.42. The van der Waals surface area contributed by atoms with Crippen LogP contribution in [0.15, 0.2) is 54.6 Å². The quantitative estimate of drug-likeness (QED) is 0.516. The maximum Gasteiger partial charge on any atom is 0.433 e. The average molecular weight is 434 g/mol. The lowest BCUT2D eigenvalue weighted by Gasteiger charge is -2.31. The van der Waals surface area contributed by atoms with Crippen LogP contribution in [0.25, 0.3) is 10.9 Å². The summed E-state index contributed by atoms with van der Waals surface area (Å²) in [6.07, 6.45) is -1.64. The Morgan fingerprint density at radius 1 is 1.13 bits per heavy atom. The van der Waals surface area contributed by atoms with E-state index in [9.17, 15) is 13.2 Å². The van der Waals surface area contributed by atoms with Crippen LogP contribution < -0.4 is 10.6 Å². The highest BCUT2D eigenvalue weighted by Gasteiger charge is 2.40. The van der Waals surface area contributed by atoms with Crippen molar-refractivity contribution >= 4 is 28.2 Å². The van der Waals surface area contributed by atoms with Crippen LogP contribution in [0.5, 0.6) is 0 Å². The summed E-state index contributed by atoms with van der Waals surface area (Å²) in [5.74, 6) is 0. The van der Waals surface area contributed by atoms with Crippen molar-refractivity contribution in [1.29, 1.82) is 0 Å². The molecule has 0 radical (unpaired) electrons. The molecule has 1 aliphatic rings. The summed E-state index contributed by atoms with van der Waals surface area (Å²) in [6, 6.07) is 16.4. The molecule has 0 saturated heterocycles. The molecule has 2 N–H and O–H groups in total. The summed E-state index contributed by atoms with van der Waals surface area (Å²) in [5.41, 5.74) is 0.792. The highest BCUT2D eigenvalue weighted by atomic mass is 35.5. The molecule has 1 aliphatic carbocycles. The number of hydrogen-bond donors (Lipinski definition) is 2. The Balaban J connectivity index is 1.73. The van der Waals surface area contributed by atoms with Crippen molar-refractivity contribution in [2.24, 2.45) is 0 Å². The van der Waals surface area contributed by atoms with Gasteiger partial charge in [-0.25, -0.2) is 4.98 Å². The lowest BCUT2D eigenvalue weighted by atomic mass is 9.78. The Kier molecular flexibility index (Phi) is 5.64. The zero-order chi connectivity index (χ0) is 21.4. The minimum atomic E-state index is -4.52. The Labute approximate surface area is 178 Å². The number of benzene rings is 2. The van der Waals surface area contributed by atoms with Gasteiger partial charge in [0.1, 0.15) is 5.69 Å². The molecule has 7 heteroatoms. The van der Waals surface area contributed by atoms with E-state index in [2.05, 4.69) is 27.8 Å². The number of fused-ring (bicyclic) bond motifs is 1. The first kappa shape index (κ1) is 20.9. The number of rotatable bonds is 5. The predicted molar refractivity (Wildman–Crippen MR) is 115 cm³/mol. The van der Waals surface area contributed by atoms with Gasteiger partial charge in [-0.3, -0.25) is 0 Å². The molecule has 0 spiro atoms. The normalized spacial score (nSPS) is 21.8. The van der Waals surface area contributed by atoms with Gasteiger partial charge in [0.25, 0.3) is 0 Å². The van der Waals surface area contributed by atoms with E-state index in [0.29, 0.717) is 28.7 Å². The zero-order valence-corrected chi connectivity index (χ0v) is 17.3. The van der Waals surface area contributed by atoms with E-state index in [0.717, 1.165) is 25.3 Å². The monoisotopic (exact) mass is 433 g/mol. The average Bonchev–Trinajstić information content (AvgIpc) is 3.17. The maximum absolute atomic E-state index is 13.4. The summed E-state index contributed by atoms with van der Waals surface area (Å²) in [6.45, 7) is 0.526. The van der Waals surface area contributed by atoms with E-state index in [1.165, 1.54) is 11.6 Å². The molecule has 1 saturated carbocycles. The molecule has 1 fully saturated rings. The van der Waals surface area contributed by atoms with Gasteiger partial charge in [-0.2, -0.15) is 13.2 Å². The van der Waals surface area contributed by atoms with Crippen LogP contribution >= 0.6 is 11.6 Å². The molecule has 2 atom stereocenters. The van der Waals surface area contributed by atoms with E-state index in [-0.39, 0.29) is 10.9 Å². The Bertz CT molecular complexity index is 1040. The molecule has 1 heterocycles. The van der Waals surface area contributed by atoms with E-state index in [1.54, 1.807) is 12.1 Å².